The predicted molar refractivity (Wildman–Crippen MR) is 164 cm³/mol. The highest BCUT2D eigenvalue weighted by Crippen LogP contribution is 2.25. The second-order valence-electron chi connectivity index (χ2n) is 9.30. The van der Waals surface area contributed by atoms with Crippen molar-refractivity contribution in [3.63, 3.8) is 0 Å². The summed E-state index contributed by atoms with van der Waals surface area (Å²) in [7, 11) is 1.55. The molecule has 8 nitrogen and oxygen atoms in total. The van der Waals surface area contributed by atoms with Crippen LogP contribution in [0.2, 0.25) is 0 Å². The number of aryl methyl sites for hydroxylation is 2. The van der Waals surface area contributed by atoms with E-state index in [2.05, 4.69) is 15.6 Å². The molecule has 4 N–H and O–H groups in total. The lowest BCUT2D eigenvalue weighted by Gasteiger charge is -2.12. The fourth-order valence-electron chi connectivity index (χ4n) is 4.06. The van der Waals surface area contributed by atoms with Crippen LogP contribution in [0.5, 0.6) is 5.75 Å². The Morgan fingerprint density at radius 1 is 0.732 bits per heavy atom. The molecular weight excluding hydrogens is 540 g/mol. The van der Waals surface area contributed by atoms with Gasteiger partial charge in [0.25, 0.3) is 11.8 Å². The number of benzene rings is 4. The fraction of sp³-hybridized carbons (Fsp3) is 0.125. The van der Waals surface area contributed by atoms with Gasteiger partial charge in [-0.05, 0) is 73.9 Å². The molecule has 0 unspecified atom stereocenters. The van der Waals surface area contributed by atoms with Gasteiger partial charge in [-0.25, -0.2) is 4.99 Å². The number of anilines is 1. The first kappa shape index (κ1) is 30.6. The monoisotopic (exact) mass is 570 g/mol. The molecular formula is C32H31ClN4O4. The van der Waals surface area contributed by atoms with Gasteiger partial charge < -0.3 is 15.8 Å². The minimum absolute atomic E-state index is 0. The Morgan fingerprint density at radius 2 is 1.37 bits per heavy atom. The largest absolute Gasteiger partial charge is 0.496 e. The van der Waals surface area contributed by atoms with Crippen molar-refractivity contribution >= 4 is 47.3 Å². The lowest BCUT2D eigenvalue weighted by atomic mass is 10.0. The first-order valence-electron chi connectivity index (χ1n) is 12.6. The molecule has 0 radical (unpaired) electrons. The number of carbonyl (C=O) groups excluding carboxylic acids is 3. The van der Waals surface area contributed by atoms with Gasteiger partial charge >= 0.3 is 0 Å². The van der Waals surface area contributed by atoms with E-state index in [-0.39, 0.29) is 30.1 Å². The van der Waals surface area contributed by atoms with Crippen molar-refractivity contribution in [2.24, 2.45) is 10.7 Å². The average Bonchev–Trinajstić information content (AvgIpc) is 2.96. The number of carbonyl (C=O) groups is 3. The molecule has 0 heterocycles. The quantitative estimate of drug-likeness (QED) is 0.145. The Labute approximate surface area is 245 Å². The van der Waals surface area contributed by atoms with Crippen LogP contribution in [0.1, 0.15) is 53.3 Å². The zero-order valence-corrected chi connectivity index (χ0v) is 24.0. The smallest absolute Gasteiger partial charge is 0.258 e. The van der Waals surface area contributed by atoms with E-state index in [1.807, 2.05) is 26.8 Å². The zero-order chi connectivity index (χ0) is 28.8. The number of hydrogen-bond donors (Lipinski definition) is 3. The molecule has 0 saturated heterocycles. The Kier molecular flexibility index (Phi) is 10.0. The minimum Gasteiger partial charge on any atom is -0.496 e. The number of rotatable bonds is 7. The predicted octanol–water partition coefficient (Wildman–Crippen LogP) is 5.90. The van der Waals surface area contributed by atoms with Gasteiger partial charge in [0.2, 0.25) is 5.96 Å². The van der Waals surface area contributed by atoms with E-state index in [0.717, 1.165) is 16.7 Å². The van der Waals surface area contributed by atoms with Crippen LogP contribution in [0.3, 0.4) is 0 Å². The molecule has 9 heteroatoms. The molecule has 4 aromatic carbocycles. The summed E-state index contributed by atoms with van der Waals surface area (Å²) in [4.78, 5) is 42.6. The Morgan fingerprint density at radius 3 is 2.02 bits per heavy atom. The molecule has 0 spiro atoms. The summed E-state index contributed by atoms with van der Waals surface area (Å²) in [5.41, 5.74) is 11.5. The number of ketones is 1. The van der Waals surface area contributed by atoms with Crippen molar-refractivity contribution in [3.05, 3.63) is 124 Å². The summed E-state index contributed by atoms with van der Waals surface area (Å²) in [6.07, 6.45) is 0. The van der Waals surface area contributed by atoms with E-state index in [1.165, 1.54) is 0 Å². The molecule has 0 saturated carbocycles. The number of amides is 2. The van der Waals surface area contributed by atoms with Crippen LogP contribution in [0.4, 0.5) is 11.4 Å². The molecule has 4 aromatic rings. The highest BCUT2D eigenvalue weighted by molar-refractivity contribution is 6.10. The lowest BCUT2D eigenvalue weighted by Crippen LogP contribution is -2.36. The van der Waals surface area contributed by atoms with Crippen LogP contribution in [-0.4, -0.2) is 30.7 Å². The zero-order valence-electron chi connectivity index (χ0n) is 23.1. The van der Waals surface area contributed by atoms with Crippen LogP contribution in [0.25, 0.3) is 0 Å². The average molecular weight is 571 g/mol. The SMILES string of the molecule is COc1cc(C(=O)NC(N)=Nc2ccc(C)c(NC(=O)c3ccc(C(=O)c4ccccc4)cc3)c2)cc(C)c1C.Cl. The third-order valence-corrected chi connectivity index (χ3v) is 6.51. The third-order valence-electron chi connectivity index (χ3n) is 6.51. The number of methoxy groups -OCH3 is 1. The maximum atomic E-state index is 12.9. The van der Waals surface area contributed by atoms with E-state index in [4.69, 9.17) is 10.5 Å². The second kappa shape index (κ2) is 13.4. The number of nitrogens with zero attached hydrogens (tertiary/aromatic N) is 1. The summed E-state index contributed by atoms with van der Waals surface area (Å²) < 4.78 is 5.35. The maximum absolute atomic E-state index is 12.9. The molecule has 41 heavy (non-hydrogen) atoms. The molecule has 0 aromatic heterocycles. The van der Waals surface area contributed by atoms with Gasteiger partial charge in [0.15, 0.2) is 5.78 Å². The highest BCUT2D eigenvalue weighted by Gasteiger charge is 2.14. The Hall–Kier alpha value is -4.95. The van der Waals surface area contributed by atoms with Gasteiger partial charge in [-0.15, -0.1) is 12.4 Å². The highest BCUT2D eigenvalue weighted by atomic mass is 35.5. The summed E-state index contributed by atoms with van der Waals surface area (Å²) in [5.74, 6) is -0.361. The number of aliphatic imine (C=N–C) groups is 1. The van der Waals surface area contributed by atoms with Gasteiger partial charge in [-0.1, -0.05) is 48.5 Å². The Bertz CT molecular complexity index is 1620. The normalized spacial score (nSPS) is 10.8. The number of hydrogen-bond acceptors (Lipinski definition) is 5. The van der Waals surface area contributed by atoms with Gasteiger partial charge in [0, 0.05) is 27.9 Å². The van der Waals surface area contributed by atoms with Crippen LogP contribution in [0.15, 0.2) is 89.9 Å². The van der Waals surface area contributed by atoms with Crippen molar-refractivity contribution in [1.82, 2.24) is 5.32 Å². The summed E-state index contributed by atoms with van der Waals surface area (Å²) in [6, 6.07) is 24.0. The first-order chi connectivity index (χ1) is 19.2. The number of nitrogens with one attached hydrogen (secondary N) is 2. The minimum atomic E-state index is -0.419. The van der Waals surface area contributed by atoms with Crippen molar-refractivity contribution in [1.29, 1.82) is 0 Å². The lowest BCUT2D eigenvalue weighted by molar-refractivity contribution is 0.0974. The molecule has 210 valence electrons. The van der Waals surface area contributed by atoms with Gasteiger partial charge in [-0.3, -0.25) is 19.7 Å². The van der Waals surface area contributed by atoms with E-state index < -0.39 is 5.91 Å². The molecule has 2 amide bonds. The van der Waals surface area contributed by atoms with Crippen molar-refractivity contribution in [2.75, 3.05) is 12.4 Å². The Balaban J connectivity index is 0.00000462. The van der Waals surface area contributed by atoms with Gasteiger partial charge in [-0.2, -0.15) is 0 Å². The van der Waals surface area contributed by atoms with E-state index >= 15 is 0 Å². The van der Waals surface area contributed by atoms with E-state index in [1.54, 1.807) is 86.0 Å². The summed E-state index contributed by atoms with van der Waals surface area (Å²) in [5, 5.41) is 5.46. The molecule has 0 aliphatic heterocycles. The molecule has 0 fully saturated rings. The third kappa shape index (κ3) is 7.38. The molecule has 0 aliphatic rings. The number of halogens is 1. The summed E-state index contributed by atoms with van der Waals surface area (Å²) in [6.45, 7) is 5.66. The summed E-state index contributed by atoms with van der Waals surface area (Å²) >= 11 is 0. The first-order valence-corrected chi connectivity index (χ1v) is 12.6. The van der Waals surface area contributed by atoms with E-state index in [9.17, 15) is 14.4 Å². The van der Waals surface area contributed by atoms with Crippen molar-refractivity contribution < 1.29 is 19.1 Å². The molecule has 4 rings (SSSR count). The van der Waals surface area contributed by atoms with Gasteiger partial charge in [0.05, 0.1) is 12.8 Å². The number of guanidine groups is 1. The van der Waals surface area contributed by atoms with Crippen LogP contribution >= 0.6 is 12.4 Å². The second-order valence-corrected chi connectivity index (χ2v) is 9.30. The van der Waals surface area contributed by atoms with Gasteiger partial charge in [0.1, 0.15) is 5.75 Å². The molecule has 0 aliphatic carbocycles. The number of nitrogens with two attached hydrogens (primary N) is 1. The van der Waals surface area contributed by atoms with Crippen molar-refractivity contribution in [2.45, 2.75) is 20.8 Å². The van der Waals surface area contributed by atoms with E-state index in [0.29, 0.717) is 39.4 Å². The number of ether oxygens (including phenoxy) is 1. The fourth-order valence-corrected chi connectivity index (χ4v) is 4.06. The van der Waals surface area contributed by atoms with Crippen molar-refractivity contribution in [3.8, 4) is 5.75 Å². The standard InChI is InChI=1S/C32H30N4O4.ClH/c1-19-10-15-26(34-32(33)36-31(39)25-16-20(2)21(3)28(17-25)40-4)18-27(19)35-30(38)24-13-11-23(12-14-24)29(37)22-8-6-5-7-9-22;/h5-18H,1-4H3,(H,35,38)(H3,33,34,36,39);1H. The van der Waals surface area contributed by atoms with Crippen LogP contribution in [-0.2, 0) is 0 Å². The van der Waals surface area contributed by atoms with Crippen LogP contribution < -0.4 is 21.1 Å². The van der Waals surface area contributed by atoms with Crippen LogP contribution in [0, 0.1) is 20.8 Å². The topological polar surface area (TPSA) is 123 Å². The molecule has 0 atom stereocenters. The maximum Gasteiger partial charge on any atom is 0.258 e. The molecule has 0 bridgehead atoms.